The zero-order chi connectivity index (χ0) is 15.3. The maximum absolute atomic E-state index is 12.2. The van der Waals surface area contributed by atoms with Crippen LogP contribution in [0.3, 0.4) is 0 Å². The van der Waals surface area contributed by atoms with Crippen molar-refractivity contribution < 1.29 is 14.5 Å². The molecule has 7 heteroatoms. The molecule has 0 radical (unpaired) electrons. The lowest BCUT2D eigenvalue weighted by atomic mass is 10.0. The second-order valence-corrected chi connectivity index (χ2v) is 5.61. The average molecular weight is 345 g/mol. The van der Waals surface area contributed by atoms with E-state index in [0.717, 1.165) is 0 Å². The molecule has 0 fully saturated rings. The number of nitro benzene ring substituents is 1. The van der Waals surface area contributed by atoms with E-state index in [1.165, 1.54) is 12.1 Å². The molecule has 0 spiro atoms. The van der Waals surface area contributed by atoms with Crippen LogP contribution in [0.5, 0.6) is 0 Å². The van der Waals surface area contributed by atoms with Gasteiger partial charge < -0.3 is 10.1 Å². The molecule has 0 aromatic heterocycles. The molecule has 110 valence electrons. The Morgan fingerprint density at radius 3 is 2.65 bits per heavy atom. The molecule has 0 aliphatic rings. The molecule has 6 nitrogen and oxygen atoms in total. The van der Waals surface area contributed by atoms with Crippen LogP contribution in [0.2, 0.25) is 0 Å². The van der Waals surface area contributed by atoms with Gasteiger partial charge in [0.2, 0.25) is 0 Å². The zero-order valence-electron chi connectivity index (χ0n) is 11.6. The average Bonchev–Trinajstić information content (AvgIpc) is 2.37. The molecule has 0 saturated heterocycles. The Balaban J connectivity index is 3.00. The molecule has 1 aromatic carbocycles. The zero-order valence-corrected chi connectivity index (χ0v) is 13.1. The summed E-state index contributed by atoms with van der Waals surface area (Å²) in [4.78, 5) is 22.6. The number of nitrogens with one attached hydrogen (secondary N) is 1. The normalized spacial score (nSPS) is 12.2. The van der Waals surface area contributed by atoms with Crippen molar-refractivity contribution in [3.05, 3.63) is 38.3 Å². The third-order valence-electron chi connectivity index (χ3n) is 2.87. The van der Waals surface area contributed by atoms with Crippen LogP contribution < -0.4 is 5.32 Å². The number of methoxy groups -OCH3 is 1. The third kappa shape index (κ3) is 4.28. The molecule has 0 bridgehead atoms. The standard InChI is InChI=1S/C13H17BrN2O4/c1-8(2)11(7-20-3)15-13(17)10-5-4-9(14)6-12(10)16(18)19/h4-6,8,11H,7H2,1-3H3,(H,15,17)/t11-/m1/s1. The van der Waals surface area contributed by atoms with Gasteiger partial charge in [-0.2, -0.15) is 0 Å². The number of amides is 1. The predicted molar refractivity (Wildman–Crippen MR) is 78.8 cm³/mol. The largest absolute Gasteiger partial charge is 0.383 e. The highest BCUT2D eigenvalue weighted by molar-refractivity contribution is 9.10. The van der Waals surface area contributed by atoms with Gasteiger partial charge in [0.25, 0.3) is 11.6 Å². The van der Waals surface area contributed by atoms with Crippen molar-refractivity contribution >= 4 is 27.5 Å². The summed E-state index contributed by atoms with van der Waals surface area (Å²) >= 11 is 3.16. The molecular formula is C13H17BrN2O4. The van der Waals surface area contributed by atoms with Crippen molar-refractivity contribution in [3.8, 4) is 0 Å². The minimum absolute atomic E-state index is 0.0416. The predicted octanol–water partition coefficient (Wildman–Crippen LogP) is 2.76. The van der Waals surface area contributed by atoms with E-state index in [0.29, 0.717) is 11.1 Å². The van der Waals surface area contributed by atoms with Crippen LogP contribution in [-0.2, 0) is 4.74 Å². The second-order valence-electron chi connectivity index (χ2n) is 4.70. The lowest BCUT2D eigenvalue weighted by Crippen LogP contribution is -2.41. The number of hydrogen-bond acceptors (Lipinski definition) is 4. The van der Waals surface area contributed by atoms with Gasteiger partial charge in [-0.05, 0) is 18.1 Å². The Kier molecular flexibility index (Phi) is 6.09. The SMILES string of the molecule is COC[C@@H](NC(=O)c1ccc(Br)cc1[N+](=O)[O-])C(C)C. The fourth-order valence-electron chi connectivity index (χ4n) is 1.67. The number of hydrogen-bond donors (Lipinski definition) is 1. The van der Waals surface area contributed by atoms with E-state index in [4.69, 9.17) is 4.74 Å². The van der Waals surface area contributed by atoms with Gasteiger partial charge in [0, 0.05) is 17.6 Å². The highest BCUT2D eigenvalue weighted by Gasteiger charge is 2.23. The lowest BCUT2D eigenvalue weighted by Gasteiger charge is -2.21. The fraction of sp³-hybridized carbons (Fsp3) is 0.462. The highest BCUT2D eigenvalue weighted by Crippen LogP contribution is 2.23. The summed E-state index contributed by atoms with van der Waals surface area (Å²) in [5, 5.41) is 13.8. The van der Waals surface area contributed by atoms with Crippen LogP contribution in [0.15, 0.2) is 22.7 Å². The summed E-state index contributed by atoms with van der Waals surface area (Å²) in [6.07, 6.45) is 0. The molecule has 1 aromatic rings. The van der Waals surface area contributed by atoms with Crippen molar-refractivity contribution in [2.24, 2.45) is 5.92 Å². The number of carbonyl (C=O) groups is 1. The van der Waals surface area contributed by atoms with Gasteiger partial charge >= 0.3 is 0 Å². The van der Waals surface area contributed by atoms with Crippen LogP contribution in [0.4, 0.5) is 5.69 Å². The van der Waals surface area contributed by atoms with Crippen LogP contribution in [0.25, 0.3) is 0 Å². The van der Waals surface area contributed by atoms with Gasteiger partial charge in [0.15, 0.2) is 0 Å². The molecule has 1 amide bonds. The molecule has 0 aliphatic heterocycles. The second kappa shape index (κ2) is 7.35. The molecule has 1 atom stereocenters. The van der Waals surface area contributed by atoms with Gasteiger partial charge in [-0.3, -0.25) is 14.9 Å². The van der Waals surface area contributed by atoms with Crippen molar-refractivity contribution in [3.63, 3.8) is 0 Å². The number of rotatable bonds is 6. The quantitative estimate of drug-likeness (QED) is 0.635. The molecular weight excluding hydrogens is 328 g/mol. The van der Waals surface area contributed by atoms with E-state index >= 15 is 0 Å². The lowest BCUT2D eigenvalue weighted by molar-refractivity contribution is -0.385. The smallest absolute Gasteiger partial charge is 0.283 e. The first-order valence-electron chi connectivity index (χ1n) is 6.10. The topological polar surface area (TPSA) is 81.5 Å². The fourth-order valence-corrected chi connectivity index (χ4v) is 2.02. The minimum atomic E-state index is -0.569. The number of benzene rings is 1. The Morgan fingerprint density at radius 2 is 2.15 bits per heavy atom. The van der Waals surface area contributed by atoms with Crippen molar-refractivity contribution in [1.29, 1.82) is 0 Å². The van der Waals surface area contributed by atoms with Crippen LogP contribution in [-0.4, -0.2) is 30.6 Å². The maximum Gasteiger partial charge on any atom is 0.283 e. The summed E-state index contributed by atoms with van der Waals surface area (Å²) in [7, 11) is 1.55. The molecule has 1 N–H and O–H groups in total. The van der Waals surface area contributed by atoms with E-state index in [-0.39, 0.29) is 23.2 Å². The van der Waals surface area contributed by atoms with E-state index in [9.17, 15) is 14.9 Å². The molecule has 0 unspecified atom stereocenters. The Morgan fingerprint density at radius 1 is 1.50 bits per heavy atom. The molecule has 0 aliphatic carbocycles. The number of nitrogens with zero attached hydrogens (tertiary/aromatic N) is 1. The van der Waals surface area contributed by atoms with E-state index < -0.39 is 10.8 Å². The van der Waals surface area contributed by atoms with Gasteiger partial charge in [-0.1, -0.05) is 29.8 Å². The summed E-state index contributed by atoms with van der Waals surface area (Å²) in [5.74, 6) is -0.312. The Bertz CT molecular complexity index is 505. The first-order chi connectivity index (χ1) is 9.36. The van der Waals surface area contributed by atoms with Gasteiger partial charge in [-0.25, -0.2) is 0 Å². The summed E-state index contributed by atoms with van der Waals surface area (Å²) in [5.41, 5.74) is -0.184. The monoisotopic (exact) mass is 344 g/mol. The van der Waals surface area contributed by atoms with Crippen molar-refractivity contribution in [2.45, 2.75) is 19.9 Å². The molecule has 20 heavy (non-hydrogen) atoms. The first-order valence-corrected chi connectivity index (χ1v) is 6.89. The summed E-state index contributed by atoms with van der Waals surface area (Å²) < 4.78 is 5.60. The Labute approximate surface area is 125 Å². The number of carbonyl (C=O) groups excluding carboxylic acids is 1. The summed E-state index contributed by atoms with van der Waals surface area (Å²) in [6, 6.07) is 4.15. The molecule has 0 saturated carbocycles. The van der Waals surface area contributed by atoms with Crippen LogP contribution >= 0.6 is 15.9 Å². The first kappa shape index (κ1) is 16.6. The number of halogens is 1. The number of ether oxygens (including phenoxy) is 1. The van der Waals surface area contributed by atoms with Crippen molar-refractivity contribution in [2.75, 3.05) is 13.7 Å². The number of nitro groups is 1. The maximum atomic E-state index is 12.2. The molecule has 1 rings (SSSR count). The highest BCUT2D eigenvalue weighted by atomic mass is 79.9. The van der Waals surface area contributed by atoms with Crippen LogP contribution in [0.1, 0.15) is 24.2 Å². The van der Waals surface area contributed by atoms with E-state index in [1.54, 1.807) is 13.2 Å². The van der Waals surface area contributed by atoms with Crippen molar-refractivity contribution in [1.82, 2.24) is 5.32 Å². The van der Waals surface area contributed by atoms with Gasteiger partial charge in [-0.15, -0.1) is 0 Å². The minimum Gasteiger partial charge on any atom is -0.383 e. The van der Waals surface area contributed by atoms with E-state index in [2.05, 4.69) is 21.2 Å². The van der Waals surface area contributed by atoms with Gasteiger partial charge in [0.05, 0.1) is 17.6 Å². The molecule has 0 heterocycles. The van der Waals surface area contributed by atoms with Crippen LogP contribution in [0, 0.1) is 16.0 Å². The third-order valence-corrected chi connectivity index (χ3v) is 3.36. The van der Waals surface area contributed by atoms with E-state index in [1.807, 2.05) is 13.8 Å². The summed E-state index contributed by atoms with van der Waals surface area (Å²) in [6.45, 7) is 4.24. The Hall–Kier alpha value is -1.47. The van der Waals surface area contributed by atoms with Gasteiger partial charge in [0.1, 0.15) is 5.56 Å².